The van der Waals surface area contributed by atoms with Gasteiger partial charge in [-0.15, -0.1) is 0 Å². The van der Waals surface area contributed by atoms with Crippen LogP contribution in [0.3, 0.4) is 0 Å². The minimum absolute atomic E-state index is 0.0730. The molecule has 1 unspecified atom stereocenters. The maximum absolute atomic E-state index is 11.2. The van der Waals surface area contributed by atoms with Gasteiger partial charge in [-0.1, -0.05) is 6.92 Å². The molecule has 0 aliphatic heterocycles. The molecule has 0 bridgehead atoms. The number of ether oxygens (including phenoxy) is 1. The predicted octanol–water partition coefficient (Wildman–Crippen LogP) is 0.904. The van der Waals surface area contributed by atoms with Crippen molar-refractivity contribution in [2.45, 2.75) is 33.1 Å². The number of nitrogens with two attached hydrogens (primary N) is 1. The monoisotopic (exact) mass is 216 g/mol. The van der Waals surface area contributed by atoms with Crippen LogP contribution in [0.25, 0.3) is 0 Å². The van der Waals surface area contributed by atoms with E-state index in [1.54, 1.807) is 0 Å². The topological polar surface area (TPSA) is 64.3 Å². The van der Waals surface area contributed by atoms with E-state index in [1.807, 2.05) is 6.92 Å². The number of rotatable bonds is 9. The van der Waals surface area contributed by atoms with Crippen LogP contribution in [-0.4, -0.2) is 32.2 Å². The molecule has 0 aliphatic rings. The predicted molar refractivity (Wildman–Crippen MR) is 61.6 cm³/mol. The van der Waals surface area contributed by atoms with Gasteiger partial charge in [0.15, 0.2) is 0 Å². The molecule has 0 aliphatic carbocycles. The summed E-state index contributed by atoms with van der Waals surface area (Å²) in [5, 5.41) is 2.86. The van der Waals surface area contributed by atoms with Crippen molar-refractivity contribution < 1.29 is 9.53 Å². The summed E-state index contributed by atoms with van der Waals surface area (Å²) in [5.74, 6) is 0.620. The summed E-state index contributed by atoms with van der Waals surface area (Å²) in [5.41, 5.74) is 5.49. The highest BCUT2D eigenvalue weighted by Gasteiger charge is 2.01. The molecule has 0 spiro atoms. The zero-order valence-corrected chi connectivity index (χ0v) is 9.92. The van der Waals surface area contributed by atoms with Gasteiger partial charge in [0.05, 0.1) is 6.61 Å². The third-order valence-corrected chi connectivity index (χ3v) is 2.28. The van der Waals surface area contributed by atoms with Crippen LogP contribution in [0, 0.1) is 5.92 Å². The van der Waals surface area contributed by atoms with Gasteiger partial charge >= 0.3 is 0 Å². The minimum Gasteiger partial charge on any atom is -0.381 e. The molecule has 0 aromatic rings. The lowest BCUT2D eigenvalue weighted by Crippen LogP contribution is -2.26. The maximum atomic E-state index is 11.2. The Morgan fingerprint density at radius 2 is 2.27 bits per heavy atom. The Morgan fingerprint density at radius 3 is 2.87 bits per heavy atom. The van der Waals surface area contributed by atoms with Crippen LogP contribution in [-0.2, 0) is 9.53 Å². The Labute approximate surface area is 92.6 Å². The van der Waals surface area contributed by atoms with Gasteiger partial charge in [-0.2, -0.15) is 0 Å². The summed E-state index contributed by atoms with van der Waals surface area (Å²) >= 11 is 0. The van der Waals surface area contributed by atoms with Gasteiger partial charge in [-0.25, -0.2) is 0 Å². The summed E-state index contributed by atoms with van der Waals surface area (Å²) in [6, 6.07) is 0. The Balaban J connectivity index is 3.23. The second kappa shape index (κ2) is 9.93. The van der Waals surface area contributed by atoms with Crippen molar-refractivity contribution in [2.75, 3.05) is 26.3 Å². The fourth-order valence-electron chi connectivity index (χ4n) is 1.19. The van der Waals surface area contributed by atoms with Gasteiger partial charge in [-0.05, 0) is 32.2 Å². The fraction of sp³-hybridized carbons (Fsp3) is 0.909. The van der Waals surface area contributed by atoms with Crippen molar-refractivity contribution >= 4 is 5.91 Å². The molecule has 3 N–H and O–H groups in total. The molecule has 1 atom stereocenters. The van der Waals surface area contributed by atoms with Crippen molar-refractivity contribution in [1.82, 2.24) is 5.32 Å². The van der Waals surface area contributed by atoms with Crippen LogP contribution in [0.4, 0.5) is 0 Å². The number of amides is 1. The van der Waals surface area contributed by atoms with E-state index < -0.39 is 0 Å². The third kappa shape index (κ3) is 9.69. The summed E-state index contributed by atoms with van der Waals surface area (Å²) in [6.45, 7) is 6.69. The maximum Gasteiger partial charge on any atom is 0.222 e. The van der Waals surface area contributed by atoms with Gasteiger partial charge < -0.3 is 15.8 Å². The summed E-state index contributed by atoms with van der Waals surface area (Å²) < 4.78 is 5.09. The highest BCUT2D eigenvalue weighted by atomic mass is 16.5. The Hall–Kier alpha value is -0.610. The van der Waals surface area contributed by atoms with E-state index in [9.17, 15) is 4.79 Å². The summed E-state index contributed by atoms with van der Waals surface area (Å²) in [4.78, 5) is 11.2. The number of hydrogen-bond acceptors (Lipinski definition) is 3. The molecular weight excluding hydrogens is 192 g/mol. The molecule has 90 valence electrons. The van der Waals surface area contributed by atoms with Gasteiger partial charge in [-0.3, -0.25) is 4.79 Å². The van der Waals surface area contributed by atoms with E-state index in [4.69, 9.17) is 10.5 Å². The van der Waals surface area contributed by atoms with Crippen LogP contribution in [0.15, 0.2) is 0 Å². The van der Waals surface area contributed by atoms with Gasteiger partial charge in [0.25, 0.3) is 0 Å². The molecule has 0 aromatic carbocycles. The van der Waals surface area contributed by atoms with Crippen molar-refractivity contribution in [2.24, 2.45) is 11.7 Å². The second-order valence-corrected chi connectivity index (χ2v) is 3.78. The zero-order valence-electron chi connectivity index (χ0n) is 9.92. The fourth-order valence-corrected chi connectivity index (χ4v) is 1.19. The third-order valence-electron chi connectivity index (χ3n) is 2.28. The van der Waals surface area contributed by atoms with E-state index in [1.165, 1.54) is 0 Å². The summed E-state index contributed by atoms with van der Waals surface area (Å²) in [7, 11) is 0. The van der Waals surface area contributed by atoms with Crippen molar-refractivity contribution in [3.8, 4) is 0 Å². The lowest BCUT2D eigenvalue weighted by atomic mass is 10.1. The van der Waals surface area contributed by atoms with E-state index in [0.29, 0.717) is 25.6 Å². The molecule has 0 fully saturated rings. The molecule has 0 saturated heterocycles. The lowest BCUT2D eigenvalue weighted by Gasteiger charge is -2.08. The normalized spacial score (nSPS) is 12.5. The SMILES string of the molecule is CCOCCC(=O)NCCCC(C)CN. The quantitative estimate of drug-likeness (QED) is 0.563. The van der Waals surface area contributed by atoms with Crippen molar-refractivity contribution in [3.05, 3.63) is 0 Å². The second-order valence-electron chi connectivity index (χ2n) is 3.78. The standard InChI is InChI=1S/C11H24N2O2/c1-3-15-8-6-11(14)13-7-4-5-10(2)9-12/h10H,3-9,12H2,1-2H3,(H,13,14). The molecule has 0 rings (SSSR count). The summed E-state index contributed by atoms with van der Waals surface area (Å²) in [6.07, 6.45) is 2.53. The van der Waals surface area contributed by atoms with Crippen molar-refractivity contribution in [3.63, 3.8) is 0 Å². The molecule has 4 heteroatoms. The Bertz CT molecular complexity index is 163. The molecule has 4 nitrogen and oxygen atoms in total. The number of carbonyl (C=O) groups is 1. The molecule has 1 amide bonds. The number of nitrogens with one attached hydrogen (secondary N) is 1. The molecule has 0 aromatic heterocycles. The molecule has 0 radical (unpaired) electrons. The number of carbonyl (C=O) groups excluding carboxylic acids is 1. The molecule has 0 heterocycles. The first kappa shape index (κ1) is 14.4. The molecule has 15 heavy (non-hydrogen) atoms. The first-order valence-corrected chi connectivity index (χ1v) is 5.75. The zero-order chi connectivity index (χ0) is 11.5. The van der Waals surface area contributed by atoms with E-state index >= 15 is 0 Å². The van der Waals surface area contributed by atoms with E-state index in [-0.39, 0.29) is 5.91 Å². The lowest BCUT2D eigenvalue weighted by molar-refractivity contribution is -0.122. The highest BCUT2D eigenvalue weighted by molar-refractivity contribution is 5.75. The van der Waals surface area contributed by atoms with Crippen LogP contribution in [0.1, 0.15) is 33.1 Å². The largest absolute Gasteiger partial charge is 0.381 e. The van der Waals surface area contributed by atoms with E-state index in [2.05, 4.69) is 12.2 Å². The van der Waals surface area contributed by atoms with Crippen LogP contribution in [0.5, 0.6) is 0 Å². The molecular formula is C11H24N2O2. The van der Waals surface area contributed by atoms with Crippen molar-refractivity contribution in [1.29, 1.82) is 0 Å². The van der Waals surface area contributed by atoms with Crippen LogP contribution >= 0.6 is 0 Å². The van der Waals surface area contributed by atoms with Gasteiger partial charge in [0, 0.05) is 19.6 Å². The van der Waals surface area contributed by atoms with Crippen LogP contribution in [0.2, 0.25) is 0 Å². The smallest absolute Gasteiger partial charge is 0.222 e. The van der Waals surface area contributed by atoms with Crippen LogP contribution < -0.4 is 11.1 Å². The average Bonchev–Trinajstić information content (AvgIpc) is 2.24. The van der Waals surface area contributed by atoms with Gasteiger partial charge in [0.1, 0.15) is 0 Å². The molecule has 0 saturated carbocycles. The van der Waals surface area contributed by atoms with Gasteiger partial charge in [0.2, 0.25) is 5.91 Å². The average molecular weight is 216 g/mol. The highest BCUT2D eigenvalue weighted by Crippen LogP contribution is 2.01. The van der Waals surface area contributed by atoms with E-state index in [0.717, 1.165) is 25.9 Å². The Morgan fingerprint density at radius 1 is 1.53 bits per heavy atom. The number of hydrogen-bond donors (Lipinski definition) is 2. The first-order valence-electron chi connectivity index (χ1n) is 5.75. The minimum atomic E-state index is 0.0730. The Kier molecular flexibility index (Phi) is 9.52. The first-order chi connectivity index (χ1) is 7.20.